The first-order chi connectivity index (χ1) is 7.77. The molecule has 0 aromatic carbocycles. The second kappa shape index (κ2) is 3.28. The molecule has 0 saturated carbocycles. The van der Waals surface area contributed by atoms with Gasteiger partial charge in [0.05, 0.1) is 11.6 Å². The van der Waals surface area contributed by atoms with Crippen LogP contribution < -0.4 is 0 Å². The molecule has 0 spiro atoms. The van der Waals surface area contributed by atoms with Gasteiger partial charge >= 0.3 is 0 Å². The normalized spacial score (nSPS) is 11.1. The van der Waals surface area contributed by atoms with Gasteiger partial charge in [-0.25, -0.2) is 15.0 Å². The standard InChI is InChI=1S/C9H7ClN6/c1-15-3-2-11-9(15)16-8-6(4-14-16)7(10)12-5-13-8/h2-5H,1H3. The van der Waals surface area contributed by atoms with Gasteiger partial charge in [-0.05, 0) is 0 Å². The van der Waals surface area contributed by atoms with Gasteiger partial charge in [0.25, 0.3) is 0 Å². The number of hydrogen-bond acceptors (Lipinski definition) is 4. The molecule has 0 aliphatic carbocycles. The third-order valence-electron chi connectivity index (χ3n) is 2.30. The van der Waals surface area contributed by atoms with Crippen LogP contribution in [-0.4, -0.2) is 29.3 Å². The Morgan fingerprint density at radius 3 is 2.88 bits per heavy atom. The summed E-state index contributed by atoms with van der Waals surface area (Å²) in [7, 11) is 1.89. The largest absolute Gasteiger partial charge is 0.319 e. The van der Waals surface area contributed by atoms with E-state index < -0.39 is 0 Å². The molecule has 3 aromatic heterocycles. The Bertz CT molecular complexity index is 655. The second-order valence-corrected chi connectivity index (χ2v) is 3.65. The van der Waals surface area contributed by atoms with Crippen LogP contribution in [0.2, 0.25) is 5.15 Å². The van der Waals surface area contributed by atoms with E-state index >= 15 is 0 Å². The molecule has 3 rings (SSSR count). The fourth-order valence-corrected chi connectivity index (χ4v) is 1.70. The monoisotopic (exact) mass is 234 g/mol. The topological polar surface area (TPSA) is 61.4 Å². The van der Waals surface area contributed by atoms with Gasteiger partial charge < -0.3 is 4.57 Å². The van der Waals surface area contributed by atoms with Crippen molar-refractivity contribution in [2.24, 2.45) is 7.05 Å². The van der Waals surface area contributed by atoms with Crippen LogP contribution in [-0.2, 0) is 7.05 Å². The lowest BCUT2D eigenvalue weighted by Crippen LogP contribution is -2.05. The van der Waals surface area contributed by atoms with Crippen LogP contribution in [0.4, 0.5) is 0 Å². The molecule has 0 radical (unpaired) electrons. The van der Waals surface area contributed by atoms with E-state index in [1.807, 2.05) is 17.8 Å². The Kier molecular flexibility index (Phi) is 1.90. The Balaban J connectivity index is 2.34. The summed E-state index contributed by atoms with van der Waals surface area (Å²) in [5.74, 6) is 0.685. The lowest BCUT2D eigenvalue weighted by Gasteiger charge is -2.01. The van der Waals surface area contributed by atoms with Gasteiger partial charge in [-0.3, -0.25) is 0 Å². The smallest absolute Gasteiger partial charge is 0.232 e. The Morgan fingerprint density at radius 2 is 2.12 bits per heavy atom. The number of nitrogens with zero attached hydrogens (tertiary/aromatic N) is 6. The summed E-state index contributed by atoms with van der Waals surface area (Å²) in [6.07, 6.45) is 6.58. The molecule has 0 unspecified atom stereocenters. The molecule has 80 valence electrons. The third kappa shape index (κ3) is 1.20. The summed E-state index contributed by atoms with van der Waals surface area (Å²) < 4.78 is 3.48. The average molecular weight is 235 g/mol. The minimum Gasteiger partial charge on any atom is -0.319 e. The SMILES string of the molecule is Cn1ccnc1-n1ncc2c(Cl)ncnc21. The molecule has 0 aliphatic heterocycles. The van der Waals surface area contributed by atoms with Crippen molar-refractivity contribution in [2.45, 2.75) is 0 Å². The minimum absolute atomic E-state index is 0.394. The van der Waals surface area contributed by atoms with Crippen molar-refractivity contribution in [3.63, 3.8) is 0 Å². The van der Waals surface area contributed by atoms with E-state index in [4.69, 9.17) is 11.6 Å². The van der Waals surface area contributed by atoms with Crippen LogP contribution >= 0.6 is 11.6 Å². The highest BCUT2D eigenvalue weighted by atomic mass is 35.5. The number of hydrogen-bond donors (Lipinski definition) is 0. The molecular formula is C9H7ClN6. The fourth-order valence-electron chi connectivity index (χ4n) is 1.52. The average Bonchev–Trinajstić information content (AvgIpc) is 2.84. The van der Waals surface area contributed by atoms with Gasteiger partial charge in [0.2, 0.25) is 5.95 Å². The van der Waals surface area contributed by atoms with E-state index in [1.165, 1.54) is 6.33 Å². The van der Waals surface area contributed by atoms with Gasteiger partial charge in [0.1, 0.15) is 11.5 Å². The predicted molar refractivity (Wildman–Crippen MR) is 58.4 cm³/mol. The number of halogens is 1. The lowest BCUT2D eigenvalue weighted by molar-refractivity contribution is 0.761. The van der Waals surface area contributed by atoms with E-state index in [1.54, 1.807) is 17.1 Å². The number of aryl methyl sites for hydroxylation is 1. The number of fused-ring (bicyclic) bond motifs is 1. The molecule has 3 aromatic rings. The van der Waals surface area contributed by atoms with Crippen molar-refractivity contribution >= 4 is 22.6 Å². The maximum atomic E-state index is 5.94. The summed E-state index contributed by atoms with van der Waals surface area (Å²) in [6, 6.07) is 0. The highest BCUT2D eigenvalue weighted by Gasteiger charge is 2.11. The lowest BCUT2D eigenvalue weighted by atomic mass is 10.4. The molecular weight excluding hydrogens is 228 g/mol. The molecule has 0 aliphatic rings. The molecule has 0 N–H and O–H groups in total. The third-order valence-corrected chi connectivity index (χ3v) is 2.60. The van der Waals surface area contributed by atoms with Crippen LogP contribution in [0.15, 0.2) is 24.9 Å². The first kappa shape index (κ1) is 9.29. The maximum Gasteiger partial charge on any atom is 0.232 e. The summed E-state index contributed by atoms with van der Waals surface area (Å²) in [5, 5.41) is 5.31. The zero-order chi connectivity index (χ0) is 11.1. The number of rotatable bonds is 1. The van der Waals surface area contributed by atoms with Crippen LogP contribution in [0, 0.1) is 0 Å². The highest BCUT2D eigenvalue weighted by Crippen LogP contribution is 2.20. The number of imidazole rings is 1. The fraction of sp³-hybridized carbons (Fsp3) is 0.111. The first-order valence-electron chi connectivity index (χ1n) is 4.59. The second-order valence-electron chi connectivity index (χ2n) is 3.30. The molecule has 0 amide bonds. The van der Waals surface area contributed by atoms with E-state index in [2.05, 4.69) is 20.1 Å². The van der Waals surface area contributed by atoms with Crippen LogP contribution in [0.5, 0.6) is 0 Å². The Morgan fingerprint density at radius 1 is 1.25 bits per heavy atom. The van der Waals surface area contributed by atoms with Crippen LogP contribution in [0.3, 0.4) is 0 Å². The minimum atomic E-state index is 0.394. The Labute approximate surface area is 95.5 Å². The molecule has 3 heterocycles. The molecule has 0 atom stereocenters. The summed E-state index contributed by atoms with van der Waals surface area (Å²) in [5.41, 5.74) is 0.648. The predicted octanol–water partition coefficient (Wildman–Crippen LogP) is 1.20. The summed E-state index contributed by atoms with van der Waals surface area (Å²) >= 11 is 5.94. The number of aromatic nitrogens is 6. The van der Waals surface area contributed by atoms with Gasteiger partial charge in [-0.2, -0.15) is 9.78 Å². The molecule has 0 saturated heterocycles. The molecule has 6 nitrogen and oxygen atoms in total. The van der Waals surface area contributed by atoms with Crippen molar-refractivity contribution in [3.05, 3.63) is 30.1 Å². The van der Waals surface area contributed by atoms with E-state index in [-0.39, 0.29) is 0 Å². The van der Waals surface area contributed by atoms with Crippen molar-refractivity contribution < 1.29 is 0 Å². The zero-order valence-corrected chi connectivity index (χ0v) is 9.13. The molecule has 16 heavy (non-hydrogen) atoms. The molecule has 7 heteroatoms. The van der Waals surface area contributed by atoms with Gasteiger partial charge in [-0.15, -0.1) is 0 Å². The highest BCUT2D eigenvalue weighted by molar-refractivity contribution is 6.33. The van der Waals surface area contributed by atoms with E-state index in [9.17, 15) is 0 Å². The van der Waals surface area contributed by atoms with Crippen LogP contribution in [0.25, 0.3) is 17.0 Å². The molecule has 0 bridgehead atoms. The summed E-state index contributed by atoms with van der Waals surface area (Å²) in [6.45, 7) is 0. The van der Waals surface area contributed by atoms with Crippen molar-refractivity contribution in [1.82, 2.24) is 29.3 Å². The van der Waals surface area contributed by atoms with Gasteiger partial charge in [0, 0.05) is 19.4 Å². The first-order valence-corrected chi connectivity index (χ1v) is 4.97. The Hall–Kier alpha value is -1.95. The summed E-state index contributed by atoms with van der Waals surface area (Å²) in [4.78, 5) is 12.2. The van der Waals surface area contributed by atoms with E-state index in [0.29, 0.717) is 22.1 Å². The van der Waals surface area contributed by atoms with Crippen molar-refractivity contribution in [3.8, 4) is 5.95 Å². The van der Waals surface area contributed by atoms with Gasteiger partial charge in [-0.1, -0.05) is 11.6 Å². The van der Waals surface area contributed by atoms with Crippen molar-refractivity contribution in [1.29, 1.82) is 0 Å². The maximum absolute atomic E-state index is 5.94. The van der Waals surface area contributed by atoms with Crippen molar-refractivity contribution in [2.75, 3.05) is 0 Å². The van der Waals surface area contributed by atoms with Crippen LogP contribution in [0.1, 0.15) is 0 Å². The quantitative estimate of drug-likeness (QED) is 0.594. The van der Waals surface area contributed by atoms with E-state index in [0.717, 1.165) is 0 Å². The van der Waals surface area contributed by atoms with Gasteiger partial charge in [0.15, 0.2) is 5.65 Å². The molecule has 0 fully saturated rings. The zero-order valence-electron chi connectivity index (χ0n) is 8.37.